The van der Waals surface area contributed by atoms with E-state index in [1.165, 1.54) is 5.56 Å². The van der Waals surface area contributed by atoms with Gasteiger partial charge < -0.3 is 14.8 Å². The lowest BCUT2D eigenvalue weighted by molar-refractivity contribution is 0.413. The van der Waals surface area contributed by atoms with Crippen LogP contribution in [0.3, 0.4) is 0 Å². The number of aryl methyl sites for hydroxylation is 1. The van der Waals surface area contributed by atoms with Crippen LogP contribution >= 0.6 is 11.8 Å². The molecule has 0 radical (unpaired) electrons. The van der Waals surface area contributed by atoms with Crippen LogP contribution in [0.25, 0.3) is 0 Å². The van der Waals surface area contributed by atoms with Gasteiger partial charge in [0.25, 0.3) is 0 Å². The minimum absolute atomic E-state index is 0.519. The second kappa shape index (κ2) is 6.84. The maximum Gasteiger partial charge on any atom is 0.488 e. The Balaban J connectivity index is 2.16. The van der Waals surface area contributed by atoms with Crippen LogP contribution in [0.4, 0.5) is 0 Å². The summed E-state index contributed by atoms with van der Waals surface area (Å²) in [5, 5.41) is 18.8. The molecule has 0 heterocycles. The summed E-state index contributed by atoms with van der Waals surface area (Å²) in [5.74, 6) is 1.38. The molecule has 2 aromatic rings. The van der Waals surface area contributed by atoms with E-state index in [4.69, 9.17) is 4.74 Å². The van der Waals surface area contributed by atoms with E-state index in [1.807, 2.05) is 6.07 Å². The minimum Gasteiger partial charge on any atom is -0.497 e. The number of hydrogen-bond donors (Lipinski definition) is 2. The molecular formula is C15H17BO3S. The van der Waals surface area contributed by atoms with Crippen LogP contribution in [0, 0.1) is 6.92 Å². The molecule has 20 heavy (non-hydrogen) atoms. The van der Waals surface area contributed by atoms with Crippen LogP contribution in [0.15, 0.2) is 47.4 Å². The Labute approximate surface area is 123 Å². The summed E-state index contributed by atoms with van der Waals surface area (Å²) in [6.07, 6.45) is 0. The van der Waals surface area contributed by atoms with Crippen LogP contribution < -0.4 is 10.2 Å². The zero-order valence-corrected chi connectivity index (χ0v) is 12.4. The standard InChI is InChI=1S/C15H17BO3S/c1-11-3-6-14(7-4-11)20-10-12-9-13(19-2)5-8-15(12)16(17)18/h3-9,17-18H,10H2,1-2H3. The minimum atomic E-state index is -1.46. The molecule has 0 aromatic heterocycles. The molecule has 0 unspecified atom stereocenters. The molecule has 0 fully saturated rings. The summed E-state index contributed by atoms with van der Waals surface area (Å²) < 4.78 is 5.18. The number of thioether (sulfide) groups is 1. The van der Waals surface area contributed by atoms with E-state index in [1.54, 1.807) is 31.0 Å². The highest BCUT2D eigenvalue weighted by Gasteiger charge is 2.16. The molecule has 5 heteroatoms. The average Bonchev–Trinajstić information content (AvgIpc) is 2.46. The highest BCUT2D eigenvalue weighted by atomic mass is 32.2. The van der Waals surface area contributed by atoms with Crippen molar-refractivity contribution in [2.75, 3.05) is 7.11 Å². The van der Waals surface area contributed by atoms with Gasteiger partial charge in [-0.3, -0.25) is 0 Å². The summed E-state index contributed by atoms with van der Waals surface area (Å²) in [6, 6.07) is 13.5. The van der Waals surface area contributed by atoms with Crippen LogP contribution in [0.5, 0.6) is 5.75 Å². The highest BCUT2D eigenvalue weighted by molar-refractivity contribution is 7.98. The third-order valence-electron chi connectivity index (χ3n) is 3.04. The van der Waals surface area contributed by atoms with Crippen molar-refractivity contribution in [2.24, 2.45) is 0 Å². The van der Waals surface area contributed by atoms with Gasteiger partial charge in [-0.2, -0.15) is 0 Å². The Morgan fingerprint density at radius 1 is 1.10 bits per heavy atom. The molecule has 0 saturated carbocycles. The fourth-order valence-electron chi connectivity index (χ4n) is 1.88. The maximum absolute atomic E-state index is 9.41. The van der Waals surface area contributed by atoms with Gasteiger partial charge in [-0.1, -0.05) is 23.8 Å². The van der Waals surface area contributed by atoms with Crippen molar-refractivity contribution < 1.29 is 14.8 Å². The smallest absolute Gasteiger partial charge is 0.488 e. The first-order chi connectivity index (χ1) is 9.60. The fraction of sp³-hybridized carbons (Fsp3) is 0.200. The van der Waals surface area contributed by atoms with E-state index in [-0.39, 0.29) is 0 Å². The Morgan fingerprint density at radius 2 is 1.80 bits per heavy atom. The normalized spacial score (nSPS) is 10.4. The van der Waals surface area contributed by atoms with E-state index in [0.29, 0.717) is 17.0 Å². The van der Waals surface area contributed by atoms with Crippen molar-refractivity contribution >= 4 is 24.3 Å². The first-order valence-corrected chi connectivity index (χ1v) is 7.31. The lowest BCUT2D eigenvalue weighted by Crippen LogP contribution is -2.32. The summed E-state index contributed by atoms with van der Waals surface area (Å²) in [7, 11) is 0.135. The molecule has 0 saturated heterocycles. The lowest BCUT2D eigenvalue weighted by atomic mass is 9.77. The fourth-order valence-corrected chi connectivity index (χ4v) is 2.78. The molecule has 3 nitrogen and oxygen atoms in total. The molecule has 0 aliphatic rings. The first-order valence-electron chi connectivity index (χ1n) is 6.32. The lowest BCUT2D eigenvalue weighted by Gasteiger charge is -2.11. The van der Waals surface area contributed by atoms with Crippen LogP contribution in [0.1, 0.15) is 11.1 Å². The van der Waals surface area contributed by atoms with Crippen molar-refractivity contribution in [1.82, 2.24) is 0 Å². The molecule has 2 aromatic carbocycles. The molecule has 2 N–H and O–H groups in total. The van der Waals surface area contributed by atoms with Gasteiger partial charge in [0.2, 0.25) is 0 Å². The monoisotopic (exact) mass is 288 g/mol. The van der Waals surface area contributed by atoms with E-state index in [0.717, 1.165) is 10.5 Å². The zero-order valence-electron chi connectivity index (χ0n) is 11.5. The third-order valence-corrected chi connectivity index (χ3v) is 4.10. The molecule has 0 aliphatic heterocycles. The van der Waals surface area contributed by atoms with E-state index in [2.05, 4.69) is 31.2 Å². The zero-order chi connectivity index (χ0) is 14.5. The predicted molar refractivity (Wildman–Crippen MR) is 83.6 cm³/mol. The molecule has 0 amide bonds. The first kappa shape index (κ1) is 15.0. The van der Waals surface area contributed by atoms with Crippen LogP contribution in [-0.4, -0.2) is 24.3 Å². The van der Waals surface area contributed by atoms with Gasteiger partial charge >= 0.3 is 7.12 Å². The number of methoxy groups -OCH3 is 1. The van der Waals surface area contributed by atoms with Gasteiger partial charge in [0.1, 0.15) is 5.75 Å². The SMILES string of the molecule is COc1ccc(B(O)O)c(CSc2ccc(C)cc2)c1. The predicted octanol–water partition coefficient (Wildman–Crippen LogP) is 1.98. The molecule has 0 spiro atoms. The second-order valence-corrected chi connectivity index (χ2v) is 5.59. The number of benzene rings is 2. The van der Waals surface area contributed by atoms with Gasteiger partial charge in [-0.05, 0) is 42.2 Å². The van der Waals surface area contributed by atoms with E-state index >= 15 is 0 Å². The summed E-state index contributed by atoms with van der Waals surface area (Å²) in [4.78, 5) is 1.15. The number of ether oxygens (including phenoxy) is 1. The Morgan fingerprint density at radius 3 is 2.40 bits per heavy atom. The van der Waals surface area contributed by atoms with Gasteiger partial charge in [0, 0.05) is 10.6 Å². The second-order valence-electron chi connectivity index (χ2n) is 4.54. The average molecular weight is 288 g/mol. The van der Waals surface area contributed by atoms with Crippen molar-refractivity contribution in [2.45, 2.75) is 17.6 Å². The van der Waals surface area contributed by atoms with Crippen molar-refractivity contribution in [1.29, 1.82) is 0 Å². The number of hydrogen-bond acceptors (Lipinski definition) is 4. The van der Waals surface area contributed by atoms with Crippen molar-refractivity contribution in [3.8, 4) is 5.75 Å². The van der Waals surface area contributed by atoms with Crippen LogP contribution in [0.2, 0.25) is 0 Å². The maximum atomic E-state index is 9.41. The molecule has 0 aliphatic carbocycles. The molecule has 2 rings (SSSR count). The van der Waals surface area contributed by atoms with Crippen LogP contribution in [-0.2, 0) is 5.75 Å². The molecule has 0 bridgehead atoms. The number of rotatable bonds is 5. The summed E-state index contributed by atoms with van der Waals surface area (Å²) in [5.41, 5.74) is 2.61. The molecule has 104 valence electrons. The van der Waals surface area contributed by atoms with Gasteiger partial charge in [-0.25, -0.2) is 0 Å². The molecule has 0 atom stereocenters. The molecular weight excluding hydrogens is 271 g/mol. The quantitative estimate of drug-likeness (QED) is 0.652. The Hall–Kier alpha value is -1.43. The van der Waals surface area contributed by atoms with Crippen molar-refractivity contribution in [3.05, 3.63) is 53.6 Å². The topological polar surface area (TPSA) is 49.7 Å². The Bertz CT molecular complexity index is 570. The van der Waals surface area contributed by atoms with Crippen molar-refractivity contribution in [3.63, 3.8) is 0 Å². The van der Waals surface area contributed by atoms with E-state index < -0.39 is 7.12 Å². The van der Waals surface area contributed by atoms with E-state index in [9.17, 15) is 10.0 Å². The third kappa shape index (κ3) is 3.79. The van der Waals surface area contributed by atoms with Gasteiger partial charge in [0.05, 0.1) is 7.11 Å². The van der Waals surface area contributed by atoms with Gasteiger partial charge in [0.15, 0.2) is 0 Å². The largest absolute Gasteiger partial charge is 0.497 e. The summed E-state index contributed by atoms with van der Waals surface area (Å²) >= 11 is 1.66. The van der Waals surface area contributed by atoms with Gasteiger partial charge in [-0.15, -0.1) is 11.8 Å². The highest BCUT2D eigenvalue weighted by Crippen LogP contribution is 2.24. The summed E-state index contributed by atoms with van der Waals surface area (Å²) in [6.45, 7) is 2.05. The Kier molecular flexibility index (Phi) is 5.12.